The second-order valence-electron chi connectivity index (χ2n) is 6.29. The summed E-state index contributed by atoms with van der Waals surface area (Å²) in [6.45, 7) is 1.82. The van der Waals surface area contributed by atoms with Gasteiger partial charge in [0.05, 0.1) is 22.3 Å². The molecule has 0 fully saturated rings. The van der Waals surface area contributed by atoms with Crippen molar-refractivity contribution in [3.63, 3.8) is 0 Å². The molecule has 3 rings (SSSR count). The molecule has 2 aromatic carbocycles. The van der Waals surface area contributed by atoms with Crippen molar-refractivity contribution < 1.29 is 13.2 Å². The van der Waals surface area contributed by atoms with Crippen LogP contribution in [0, 0.1) is 0 Å². The molecule has 1 heterocycles. The first kappa shape index (κ1) is 19.6. The fourth-order valence-corrected chi connectivity index (χ4v) is 3.96. The maximum Gasteiger partial charge on any atom is 0.264 e. The molecule has 1 amide bonds. The molecule has 0 radical (unpaired) electrons. The minimum absolute atomic E-state index is 0.0528. The van der Waals surface area contributed by atoms with Crippen molar-refractivity contribution >= 4 is 21.6 Å². The van der Waals surface area contributed by atoms with Gasteiger partial charge in [0.1, 0.15) is 0 Å². The van der Waals surface area contributed by atoms with Crippen LogP contribution in [0.4, 0.5) is 5.69 Å². The normalized spacial score (nSPS) is 12.2. The fraction of sp³-hybridized carbons (Fsp3) is 0.143. The minimum Gasteiger partial charge on any atom is -0.344 e. The highest BCUT2D eigenvalue weighted by atomic mass is 32.2. The minimum atomic E-state index is -3.79. The third-order valence-corrected chi connectivity index (χ3v) is 6.13. The van der Waals surface area contributed by atoms with Gasteiger partial charge >= 0.3 is 0 Å². The summed E-state index contributed by atoms with van der Waals surface area (Å²) in [5, 5.41) is 2.84. The number of carbonyl (C=O) groups is 1. The van der Waals surface area contributed by atoms with Crippen molar-refractivity contribution in [3.8, 4) is 0 Å². The van der Waals surface area contributed by atoms with Crippen LogP contribution in [0.2, 0.25) is 0 Å². The van der Waals surface area contributed by atoms with Crippen LogP contribution in [-0.4, -0.2) is 26.4 Å². The van der Waals surface area contributed by atoms with E-state index in [1.807, 2.05) is 25.1 Å². The number of amides is 1. The van der Waals surface area contributed by atoms with E-state index in [-0.39, 0.29) is 22.4 Å². The molecule has 0 saturated carbocycles. The number of rotatable bonds is 6. The first-order valence-electron chi connectivity index (χ1n) is 8.75. The van der Waals surface area contributed by atoms with Gasteiger partial charge in [-0.25, -0.2) is 8.42 Å². The molecule has 0 bridgehead atoms. The van der Waals surface area contributed by atoms with Crippen LogP contribution >= 0.6 is 0 Å². The molecular weight excluding hydrogens is 374 g/mol. The van der Waals surface area contributed by atoms with Gasteiger partial charge in [0.25, 0.3) is 15.9 Å². The molecule has 1 aromatic heterocycles. The Hall–Kier alpha value is -3.19. The smallest absolute Gasteiger partial charge is 0.264 e. The van der Waals surface area contributed by atoms with E-state index in [2.05, 4.69) is 10.3 Å². The molecule has 7 heteroatoms. The number of anilines is 1. The average molecular weight is 395 g/mol. The highest BCUT2D eigenvalue weighted by Crippen LogP contribution is 2.22. The predicted octanol–water partition coefficient (Wildman–Crippen LogP) is 3.40. The lowest BCUT2D eigenvalue weighted by molar-refractivity contribution is 0.0939. The molecule has 0 aliphatic rings. The van der Waals surface area contributed by atoms with Gasteiger partial charge in [-0.1, -0.05) is 30.3 Å². The van der Waals surface area contributed by atoms with Crippen molar-refractivity contribution in [3.05, 3.63) is 90.3 Å². The first-order chi connectivity index (χ1) is 13.4. The third-order valence-electron chi connectivity index (χ3n) is 4.35. The molecule has 1 unspecified atom stereocenters. The van der Waals surface area contributed by atoms with Crippen LogP contribution in [0.1, 0.15) is 29.0 Å². The number of para-hydroxylation sites is 1. The molecule has 28 heavy (non-hydrogen) atoms. The topological polar surface area (TPSA) is 79.4 Å². The molecule has 0 saturated heterocycles. The number of carbonyl (C=O) groups excluding carboxylic acids is 1. The van der Waals surface area contributed by atoms with E-state index in [0.29, 0.717) is 5.69 Å². The Balaban J connectivity index is 1.82. The number of aromatic nitrogens is 1. The maximum absolute atomic E-state index is 12.9. The van der Waals surface area contributed by atoms with Crippen molar-refractivity contribution in [2.45, 2.75) is 17.9 Å². The van der Waals surface area contributed by atoms with Crippen molar-refractivity contribution in [1.82, 2.24) is 10.3 Å². The average Bonchev–Trinajstić information content (AvgIpc) is 2.74. The summed E-state index contributed by atoms with van der Waals surface area (Å²) in [7, 11) is -2.30. The van der Waals surface area contributed by atoms with Crippen molar-refractivity contribution in [1.29, 1.82) is 0 Å². The van der Waals surface area contributed by atoms with Crippen LogP contribution in [0.15, 0.2) is 83.9 Å². The number of nitrogens with one attached hydrogen (secondary N) is 1. The highest BCUT2D eigenvalue weighted by Gasteiger charge is 2.22. The Bertz CT molecular complexity index is 1050. The quantitative estimate of drug-likeness (QED) is 0.694. The lowest BCUT2D eigenvalue weighted by Crippen LogP contribution is -2.29. The van der Waals surface area contributed by atoms with Gasteiger partial charge in [0, 0.05) is 18.8 Å². The van der Waals surface area contributed by atoms with E-state index in [4.69, 9.17) is 0 Å². The second-order valence-corrected chi connectivity index (χ2v) is 8.25. The Kier molecular flexibility index (Phi) is 5.75. The van der Waals surface area contributed by atoms with Gasteiger partial charge in [-0.15, -0.1) is 0 Å². The van der Waals surface area contributed by atoms with Gasteiger partial charge in [-0.3, -0.25) is 14.1 Å². The summed E-state index contributed by atoms with van der Waals surface area (Å²) >= 11 is 0. The van der Waals surface area contributed by atoms with Gasteiger partial charge < -0.3 is 5.32 Å². The van der Waals surface area contributed by atoms with Crippen LogP contribution < -0.4 is 9.62 Å². The molecule has 144 valence electrons. The molecule has 0 aliphatic heterocycles. The largest absolute Gasteiger partial charge is 0.344 e. The second kappa shape index (κ2) is 8.22. The summed E-state index contributed by atoms with van der Waals surface area (Å²) < 4.78 is 27.1. The number of benzene rings is 2. The lowest BCUT2D eigenvalue weighted by atomic mass is 10.1. The SMILES string of the molecule is CC(NC(=O)c1cccc(S(=O)(=O)N(C)c2ccccc2)c1)c1ccccn1. The van der Waals surface area contributed by atoms with E-state index in [9.17, 15) is 13.2 Å². The number of sulfonamides is 1. The predicted molar refractivity (Wildman–Crippen MR) is 109 cm³/mol. The zero-order valence-corrected chi connectivity index (χ0v) is 16.4. The molecule has 3 aromatic rings. The Morgan fingerprint density at radius 2 is 1.71 bits per heavy atom. The van der Waals surface area contributed by atoms with Crippen molar-refractivity contribution in [2.24, 2.45) is 0 Å². The first-order valence-corrected chi connectivity index (χ1v) is 10.2. The molecule has 0 spiro atoms. The van der Waals surface area contributed by atoms with E-state index >= 15 is 0 Å². The molecule has 1 N–H and O–H groups in total. The fourth-order valence-electron chi connectivity index (χ4n) is 2.72. The Morgan fingerprint density at radius 1 is 1.00 bits per heavy atom. The molecule has 0 aliphatic carbocycles. The van der Waals surface area contributed by atoms with Crippen LogP contribution in [0.3, 0.4) is 0 Å². The van der Waals surface area contributed by atoms with Gasteiger partial charge in [0.2, 0.25) is 0 Å². The molecule has 6 nitrogen and oxygen atoms in total. The van der Waals surface area contributed by atoms with Gasteiger partial charge in [-0.05, 0) is 49.4 Å². The van der Waals surface area contributed by atoms with E-state index < -0.39 is 10.0 Å². The number of nitrogens with zero attached hydrogens (tertiary/aromatic N) is 2. The maximum atomic E-state index is 12.9. The monoisotopic (exact) mass is 395 g/mol. The third kappa shape index (κ3) is 4.20. The van der Waals surface area contributed by atoms with Gasteiger partial charge in [0.15, 0.2) is 0 Å². The molecule has 1 atom stereocenters. The summed E-state index contributed by atoms with van der Waals surface area (Å²) in [5.41, 5.74) is 1.54. The number of hydrogen-bond donors (Lipinski definition) is 1. The summed E-state index contributed by atoms with van der Waals surface area (Å²) in [4.78, 5) is 16.9. The summed E-state index contributed by atoms with van der Waals surface area (Å²) in [6, 6.07) is 19.9. The number of hydrogen-bond acceptors (Lipinski definition) is 4. The van der Waals surface area contributed by atoms with Crippen LogP contribution in [0.25, 0.3) is 0 Å². The highest BCUT2D eigenvalue weighted by molar-refractivity contribution is 7.92. The zero-order valence-electron chi connectivity index (χ0n) is 15.6. The Labute approximate surface area is 164 Å². The van der Waals surface area contributed by atoms with E-state index in [1.165, 1.54) is 23.5 Å². The summed E-state index contributed by atoms with van der Waals surface area (Å²) in [6.07, 6.45) is 1.66. The molecular formula is C21H21N3O3S. The Morgan fingerprint density at radius 3 is 2.39 bits per heavy atom. The van der Waals surface area contributed by atoms with Crippen LogP contribution in [-0.2, 0) is 10.0 Å². The van der Waals surface area contributed by atoms with Crippen molar-refractivity contribution in [2.75, 3.05) is 11.4 Å². The standard InChI is InChI=1S/C21H21N3O3S/c1-16(20-13-6-7-14-22-20)23-21(25)17-9-8-12-19(15-17)28(26,27)24(2)18-10-4-3-5-11-18/h3-16H,1-2H3,(H,23,25). The van der Waals surface area contributed by atoms with E-state index in [1.54, 1.807) is 48.7 Å². The lowest BCUT2D eigenvalue weighted by Gasteiger charge is -2.20. The van der Waals surface area contributed by atoms with Gasteiger partial charge in [-0.2, -0.15) is 0 Å². The van der Waals surface area contributed by atoms with E-state index in [0.717, 1.165) is 5.69 Å². The number of pyridine rings is 1. The zero-order chi connectivity index (χ0) is 20.1. The summed E-state index contributed by atoms with van der Waals surface area (Å²) in [5.74, 6) is -0.363. The van der Waals surface area contributed by atoms with Crippen LogP contribution in [0.5, 0.6) is 0 Å².